The SMILES string of the molecule is Cl.Clc1cc(N2CCN(c3ccccn3)CC2)c2nc[nH]c2n1. The summed E-state index contributed by atoms with van der Waals surface area (Å²) in [5.74, 6) is 1.03. The second-order valence-electron chi connectivity index (χ2n) is 5.23. The average molecular weight is 351 g/mol. The summed E-state index contributed by atoms with van der Waals surface area (Å²) in [6, 6.07) is 7.89. The normalized spacial score (nSPS) is 14.8. The summed E-state index contributed by atoms with van der Waals surface area (Å²) >= 11 is 6.12. The second-order valence-corrected chi connectivity index (χ2v) is 5.61. The van der Waals surface area contributed by atoms with Gasteiger partial charge in [-0.2, -0.15) is 0 Å². The molecule has 3 aromatic heterocycles. The maximum absolute atomic E-state index is 6.12. The summed E-state index contributed by atoms with van der Waals surface area (Å²) in [4.78, 5) is 20.7. The van der Waals surface area contributed by atoms with Crippen molar-refractivity contribution in [2.75, 3.05) is 36.0 Å². The molecule has 0 aromatic carbocycles. The molecule has 4 rings (SSSR count). The van der Waals surface area contributed by atoms with Crippen molar-refractivity contribution in [3.63, 3.8) is 0 Å². The Morgan fingerprint density at radius 2 is 1.83 bits per heavy atom. The van der Waals surface area contributed by atoms with Crippen LogP contribution in [0.15, 0.2) is 36.8 Å². The molecular formula is C15H16Cl2N6. The van der Waals surface area contributed by atoms with Gasteiger partial charge in [-0.1, -0.05) is 17.7 Å². The highest BCUT2D eigenvalue weighted by Crippen LogP contribution is 2.27. The largest absolute Gasteiger partial charge is 0.366 e. The van der Waals surface area contributed by atoms with Crippen molar-refractivity contribution in [3.8, 4) is 0 Å². The van der Waals surface area contributed by atoms with Crippen LogP contribution in [0.4, 0.5) is 11.5 Å². The highest BCUT2D eigenvalue weighted by Gasteiger charge is 2.21. The number of halogens is 2. The van der Waals surface area contributed by atoms with Crippen LogP contribution in [0.5, 0.6) is 0 Å². The fourth-order valence-electron chi connectivity index (χ4n) is 2.84. The monoisotopic (exact) mass is 350 g/mol. The van der Waals surface area contributed by atoms with Gasteiger partial charge < -0.3 is 14.8 Å². The summed E-state index contributed by atoms with van der Waals surface area (Å²) in [7, 11) is 0. The summed E-state index contributed by atoms with van der Waals surface area (Å²) in [6.45, 7) is 3.64. The van der Waals surface area contributed by atoms with Gasteiger partial charge in [-0.25, -0.2) is 15.0 Å². The Labute approximate surface area is 144 Å². The lowest BCUT2D eigenvalue weighted by Gasteiger charge is -2.36. The minimum atomic E-state index is 0. The molecule has 23 heavy (non-hydrogen) atoms. The molecule has 1 aliphatic rings. The minimum Gasteiger partial charge on any atom is -0.366 e. The number of nitrogens with zero attached hydrogens (tertiary/aromatic N) is 5. The number of aromatic amines is 1. The van der Waals surface area contributed by atoms with Crippen LogP contribution in [-0.4, -0.2) is 46.1 Å². The molecule has 0 atom stereocenters. The Hall–Kier alpha value is -2.05. The van der Waals surface area contributed by atoms with Gasteiger partial charge in [0.05, 0.1) is 12.0 Å². The van der Waals surface area contributed by atoms with Gasteiger partial charge in [-0.05, 0) is 12.1 Å². The molecule has 0 aliphatic carbocycles. The van der Waals surface area contributed by atoms with Crippen molar-refractivity contribution >= 4 is 46.7 Å². The van der Waals surface area contributed by atoms with E-state index in [9.17, 15) is 0 Å². The molecule has 3 aromatic rings. The van der Waals surface area contributed by atoms with Crippen LogP contribution in [0.3, 0.4) is 0 Å². The van der Waals surface area contributed by atoms with E-state index in [2.05, 4.69) is 29.7 Å². The maximum atomic E-state index is 6.12. The first-order valence-electron chi connectivity index (χ1n) is 7.22. The Morgan fingerprint density at radius 1 is 1.04 bits per heavy atom. The van der Waals surface area contributed by atoms with E-state index in [0.29, 0.717) is 5.15 Å². The van der Waals surface area contributed by atoms with Crippen LogP contribution in [0.25, 0.3) is 11.2 Å². The molecule has 0 unspecified atom stereocenters. The summed E-state index contributed by atoms with van der Waals surface area (Å²) < 4.78 is 0. The van der Waals surface area contributed by atoms with Crippen molar-refractivity contribution in [1.29, 1.82) is 0 Å². The molecule has 0 radical (unpaired) electrons. The smallest absolute Gasteiger partial charge is 0.161 e. The molecule has 1 aliphatic heterocycles. The molecule has 4 heterocycles. The summed E-state index contributed by atoms with van der Waals surface area (Å²) in [6.07, 6.45) is 3.49. The van der Waals surface area contributed by atoms with E-state index in [1.165, 1.54) is 0 Å². The number of piperazine rings is 1. The van der Waals surface area contributed by atoms with Crippen LogP contribution in [0.2, 0.25) is 5.15 Å². The van der Waals surface area contributed by atoms with Crippen molar-refractivity contribution in [3.05, 3.63) is 41.9 Å². The van der Waals surface area contributed by atoms with Gasteiger partial charge >= 0.3 is 0 Å². The number of pyridine rings is 2. The van der Waals surface area contributed by atoms with Crippen molar-refractivity contribution < 1.29 is 0 Å². The lowest BCUT2D eigenvalue weighted by molar-refractivity contribution is 0.648. The quantitative estimate of drug-likeness (QED) is 0.720. The topological polar surface area (TPSA) is 60.9 Å². The van der Waals surface area contributed by atoms with Crippen LogP contribution >= 0.6 is 24.0 Å². The number of fused-ring (bicyclic) bond motifs is 1. The molecule has 6 nitrogen and oxygen atoms in total. The Morgan fingerprint density at radius 3 is 2.57 bits per heavy atom. The first-order valence-corrected chi connectivity index (χ1v) is 7.59. The fourth-order valence-corrected chi connectivity index (χ4v) is 3.03. The van der Waals surface area contributed by atoms with E-state index in [0.717, 1.165) is 48.8 Å². The lowest BCUT2D eigenvalue weighted by Crippen LogP contribution is -2.46. The van der Waals surface area contributed by atoms with Crippen molar-refractivity contribution in [2.24, 2.45) is 0 Å². The van der Waals surface area contributed by atoms with E-state index in [4.69, 9.17) is 11.6 Å². The third-order valence-corrected chi connectivity index (χ3v) is 4.12. The maximum Gasteiger partial charge on any atom is 0.161 e. The van der Waals surface area contributed by atoms with Gasteiger partial charge in [-0.3, -0.25) is 0 Å². The fraction of sp³-hybridized carbons (Fsp3) is 0.267. The summed E-state index contributed by atoms with van der Waals surface area (Å²) in [5, 5.41) is 0.485. The molecule has 0 bridgehead atoms. The number of aromatic nitrogens is 4. The molecule has 1 fully saturated rings. The summed E-state index contributed by atoms with van der Waals surface area (Å²) in [5.41, 5.74) is 2.64. The number of anilines is 2. The molecule has 0 amide bonds. The molecule has 1 saturated heterocycles. The molecular weight excluding hydrogens is 335 g/mol. The van der Waals surface area contributed by atoms with Gasteiger partial charge in [0, 0.05) is 38.4 Å². The van der Waals surface area contributed by atoms with Crippen molar-refractivity contribution in [2.45, 2.75) is 0 Å². The van der Waals surface area contributed by atoms with Crippen LogP contribution in [0.1, 0.15) is 0 Å². The van der Waals surface area contributed by atoms with Crippen LogP contribution < -0.4 is 9.80 Å². The Bertz CT molecular complexity index is 783. The predicted octanol–water partition coefficient (Wildman–Crippen LogP) is 2.75. The van der Waals surface area contributed by atoms with Crippen LogP contribution in [0, 0.1) is 0 Å². The minimum absolute atomic E-state index is 0. The second kappa shape index (κ2) is 6.60. The molecule has 0 saturated carbocycles. The number of rotatable bonds is 2. The number of nitrogens with one attached hydrogen (secondary N) is 1. The van der Waals surface area contributed by atoms with E-state index in [1.54, 1.807) is 6.33 Å². The molecule has 8 heteroatoms. The lowest BCUT2D eigenvalue weighted by atomic mass is 10.2. The van der Waals surface area contributed by atoms with E-state index >= 15 is 0 Å². The molecule has 0 spiro atoms. The van der Waals surface area contributed by atoms with Crippen LogP contribution in [-0.2, 0) is 0 Å². The van der Waals surface area contributed by atoms with E-state index in [-0.39, 0.29) is 12.4 Å². The molecule has 120 valence electrons. The zero-order valence-corrected chi connectivity index (χ0v) is 13.9. The third-order valence-electron chi connectivity index (χ3n) is 3.93. The van der Waals surface area contributed by atoms with Gasteiger partial charge in [0.1, 0.15) is 16.5 Å². The van der Waals surface area contributed by atoms with E-state index in [1.807, 2.05) is 30.5 Å². The highest BCUT2D eigenvalue weighted by atomic mass is 35.5. The number of imidazole rings is 1. The average Bonchev–Trinajstić information content (AvgIpc) is 3.03. The number of H-pyrrole nitrogens is 1. The van der Waals surface area contributed by atoms with E-state index < -0.39 is 0 Å². The van der Waals surface area contributed by atoms with Gasteiger partial charge in [0.15, 0.2) is 5.65 Å². The number of hydrogen-bond acceptors (Lipinski definition) is 5. The first kappa shape index (κ1) is 15.8. The highest BCUT2D eigenvalue weighted by molar-refractivity contribution is 6.30. The standard InChI is InChI=1S/C15H15ClN6.ClH/c16-12-9-11(14-15(20-12)19-10-18-14)21-5-7-22(8-6-21)13-3-1-2-4-17-13;/h1-4,9-10H,5-8H2,(H,18,19,20);1H. The number of hydrogen-bond donors (Lipinski definition) is 1. The Kier molecular flexibility index (Phi) is 4.54. The van der Waals surface area contributed by atoms with Gasteiger partial charge in [0.25, 0.3) is 0 Å². The Balaban J connectivity index is 0.00000156. The molecule has 1 N–H and O–H groups in total. The van der Waals surface area contributed by atoms with Gasteiger partial charge in [-0.15, -0.1) is 12.4 Å². The van der Waals surface area contributed by atoms with Gasteiger partial charge in [0.2, 0.25) is 0 Å². The van der Waals surface area contributed by atoms with Crippen molar-refractivity contribution in [1.82, 2.24) is 19.9 Å². The first-order chi connectivity index (χ1) is 10.8. The zero-order valence-electron chi connectivity index (χ0n) is 12.3. The zero-order chi connectivity index (χ0) is 14.9. The predicted molar refractivity (Wildman–Crippen MR) is 94.8 cm³/mol. The third kappa shape index (κ3) is 3.04.